The monoisotopic (exact) mass is 298 g/mol. The number of ether oxygens (including phenoxy) is 1. The van der Waals surface area contributed by atoms with E-state index in [1.54, 1.807) is 6.92 Å². The highest BCUT2D eigenvalue weighted by molar-refractivity contribution is 7.15. The summed E-state index contributed by atoms with van der Waals surface area (Å²) in [6.07, 6.45) is 0. The van der Waals surface area contributed by atoms with Crippen molar-refractivity contribution in [3.63, 3.8) is 0 Å². The van der Waals surface area contributed by atoms with Crippen molar-refractivity contribution in [2.75, 3.05) is 18.5 Å². The lowest BCUT2D eigenvalue weighted by Crippen LogP contribution is -2.24. The van der Waals surface area contributed by atoms with Crippen molar-refractivity contribution in [2.45, 2.75) is 41.5 Å². The molecule has 0 saturated heterocycles. The van der Waals surface area contributed by atoms with Crippen molar-refractivity contribution >= 4 is 22.4 Å². The lowest BCUT2D eigenvalue weighted by molar-refractivity contribution is 0.0519. The maximum absolute atomic E-state index is 11.7. The van der Waals surface area contributed by atoms with E-state index in [0.29, 0.717) is 30.1 Å². The van der Waals surface area contributed by atoms with Crippen LogP contribution < -0.4 is 5.32 Å². The second kappa shape index (κ2) is 7.62. The summed E-state index contributed by atoms with van der Waals surface area (Å²) in [4.78, 5) is 17.0. The third-order valence-electron chi connectivity index (χ3n) is 3.47. The molecule has 0 fully saturated rings. The van der Waals surface area contributed by atoms with Gasteiger partial charge in [0.25, 0.3) is 0 Å². The fourth-order valence-electron chi connectivity index (χ4n) is 2.31. The average molecular weight is 298 g/mol. The van der Waals surface area contributed by atoms with Gasteiger partial charge in [-0.2, -0.15) is 0 Å². The largest absolute Gasteiger partial charge is 0.461 e. The first-order valence-corrected chi connectivity index (χ1v) is 8.06. The summed E-state index contributed by atoms with van der Waals surface area (Å²) in [5.74, 6) is 1.49. The highest BCUT2D eigenvalue weighted by Crippen LogP contribution is 2.25. The van der Waals surface area contributed by atoms with Gasteiger partial charge in [0, 0.05) is 11.4 Å². The van der Waals surface area contributed by atoms with E-state index in [1.807, 2.05) is 6.92 Å². The first-order valence-electron chi connectivity index (χ1n) is 7.25. The van der Waals surface area contributed by atoms with Crippen molar-refractivity contribution in [1.29, 1.82) is 0 Å². The summed E-state index contributed by atoms with van der Waals surface area (Å²) in [6.45, 7) is 13.9. The Labute approximate surface area is 125 Å². The third kappa shape index (κ3) is 4.47. The van der Waals surface area contributed by atoms with Crippen molar-refractivity contribution in [3.05, 3.63) is 10.6 Å². The molecule has 1 heterocycles. The molecule has 0 amide bonds. The Bertz CT molecular complexity index is 433. The van der Waals surface area contributed by atoms with Gasteiger partial charge < -0.3 is 10.1 Å². The quantitative estimate of drug-likeness (QED) is 0.774. The molecule has 0 unspecified atom stereocenters. The summed E-state index contributed by atoms with van der Waals surface area (Å²) < 4.78 is 5.00. The summed E-state index contributed by atoms with van der Waals surface area (Å²) in [6, 6.07) is 0. The summed E-state index contributed by atoms with van der Waals surface area (Å²) in [5.41, 5.74) is 0.435. The number of hydrogen-bond acceptors (Lipinski definition) is 5. The van der Waals surface area contributed by atoms with Gasteiger partial charge in [0.1, 0.15) is 0 Å². The number of anilines is 1. The second-order valence-corrected chi connectivity index (χ2v) is 6.88. The zero-order chi connectivity index (χ0) is 15.3. The SMILES string of the molecule is CCOC(=O)c1nc(NCC(C(C)C)C(C)C)sc1C. The van der Waals surface area contributed by atoms with Crippen LogP contribution in [0.4, 0.5) is 5.13 Å². The van der Waals surface area contributed by atoms with Gasteiger partial charge in [-0.25, -0.2) is 9.78 Å². The number of aryl methyl sites for hydroxylation is 1. The Hall–Kier alpha value is -1.10. The van der Waals surface area contributed by atoms with E-state index in [4.69, 9.17) is 4.74 Å². The molecule has 20 heavy (non-hydrogen) atoms. The van der Waals surface area contributed by atoms with Gasteiger partial charge in [-0.1, -0.05) is 27.7 Å². The highest BCUT2D eigenvalue weighted by atomic mass is 32.1. The lowest BCUT2D eigenvalue weighted by Gasteiger charge is -2.24. The number of aromatic nitrogens is 1. The predicted molar refractivity (Wildman–Crippen MR) is 84.5 cm³/mol. The Morgan fingerprint density at radius 3 is 2.40 bits per heavy atom. The Morgan fingerprint density at radius 1 is 1.30 bits per heavy atom. The van der Waals surface area contributed by atoms with E-state index in [0.717, 1.165) is 16.6 Å². The van der Waals surface area contributed by atoms with Crippen LogP contribution >= 0.6 is 11.3 Å². The van der Waals surface area contributed by atoms with Crippen LogP contribution in [0.1, 0.15) is 50.0 Å². The van der Waals surface area contributed by atoms with Crippen LogP contribution in [0.15, 0.2) is 0 Å². The third-order valence-corrected chi connectivity index (χ3v) is 4.40. The fourth-order valence-corrected chi connectivity index (χ4v) is 3.12. The minimum atomic E-state index is -0.335. The maximum Gasteiger partial charge on any atom is 0.358 e. The number of nitrogens with one attached hydrogen (secondary N) is 1. The number of esters is 1. The molecule has 1 aromatic heterocycles. The number of nitrogens with zero attached hydrogens (tertiary/aromatic N) is 1. The normalized spacial score (nSPS) is 11.4. The van der Waals surface area contributed by atoms with E-state index >= 15 is 0 Å². The molecule has 0 spiro atoms. The van der Waals surface area contributed by atoms with Gasteiger partial charge in [-0.15, -0.1) is 11.3 Å². The fraction of sp³-hybridized carbons (Fsp3) is 0.733. The zero-order valence-corrected chi connectivity index (χ0v) is 14.1. The minimum Gasteiger partial charge on any atom is -0.461 e. The molecule has 0 aliphatic rings. The Kier molecular flexibility index (Phi) is 6.46. The molecule has 5 heteroatoms. The highest BCUT2D eigenvalue weighted by Gasteiger charge is 2.20. The van der Waals surface area contributed by atoms with Crippen LogP contribution in [0.3, 0.4) is 0 Å². The molecular weight excluding hydrogens is 272 g/mol. The number of carbonyl (C=O) groups is 1. The average Bonchev–Trinajstić information content (AvgIpc) is 2.70. The molecule has 0 bridgehead atoms. The molecule has 114 valence electrons. The lowest BCUT2D eigenvalue weighted by atomic mass is 9.86. The van der Waals surface area contributed by atoms with Crippen LogP contribution in [-0.4, -0.2) is 24.1 Å². The van der Waals surface area contributed by atoms with Crippen LogP contribution in [0.25, 0.3) is 0 Å². The Balaban J connectivity index is 2.70. The van der Waals surface area contributed by atoms with E-state index < -0.39 is 0 Å². The molecule has 0 radical (unpaired) electrons. The summed E-state index contributed by atoms with van der Waals surface area (Å²) >= 11 is 1.51. The van der Waals surface area contributed by atoms with Crippen LogP contribution in [0.5, 0.6) is 0 Å². The van der Waals surface area contributed by atoms with Gasteiger partial charge >= 0.3 is 5.97 Å². The van der Waals surface area contributed by atoms with Crippen LogP contribution in [0, 0.1) is 24.7 Å². The molecule has 0 atom stereocenters. The van der Waals surface area contributed by atoms with E-state index in [9.17, 15) is 4.79 Å². The van der Waals surface area contributed by atoms with Crippen molar-refractivity contribution in [2.24, 2.45) is 17.8 Å². The standard InChI is InChI=1S/C15H26N2O2S/c1-7-19-14(18)13-11(6)20-15(17-13)16-8-12(9(2)3)10(4)5/h9-10,12H,7-8H2,1-6H3,(H,16,17). The van der Waals surface area contributed by atoms with Crippen molar-refractivity contribution < 1.29 is 9.53 Å². The maximum atomic E-state index is 11.7. The van der Waals surface area contributed by atoms with Gasteiger partial charge in [0.15, 0.2) is 10.8 Å². The number of rotatable bonds is 7. The first-order chi connectivity index (χ1) is 9.36. The molecule has 0 aromatic carbocycles. The first kappa shape index (κ1) is 17.0. The predicted octanol–water partition coefficient (Wildman–Crippen LogP) is 3.97. The Morgan fingerprint density at radius 2 is 1.90 bits per heavy atom. The van der Waals surface area contributed by atoms with E-state index in [2.05, 4.69) is 38.0 Å². The molecule has 1 aromatic rings. The number of carbonyl (C=O) groups excluding carboxylic acids is 1. The molecule has 1 rings (SSSR count). The van der Waals surface area contributed by atoms with Gasteiger partial charge in [-0.05, 0) is 31.6 Å². The zero-order valence-electron chi connectivity index (χ0n) is 13.3. The molecule has 0 aliphatic carbocycles. The van der Waals surface area contributed by atoms with Crippen LogP contribution in [0.2, 0.25) is 0 Å². The molecule has 0 saturated carbocycles. The topological polar surface area (TPSA) is 51.2 Å². The van der Waals surface area contributed by atoms with E-state index in [1.165, 1.54) is 11.3 Å². The van der Waals surface area contributed by atoms with Crippen LogP contribution in [-0.2, 0) is 4.74 Å². The minimum absolute atomic E-state index is 0.335. The number of thiazole rings is 1. The van der Waals surface area contributed by atoms with E-state index in [-0.39, 0.29) is 5.97 Å². The van der Waals surface area contributed by atoms with Gasteiger partial charge in [0.05, 0.1) is 6.61 Å². The van der Waals surface area contributed by atoms with Crippen molar-refractivity contribution in [1.82, 2.24) is 4.98 Å². The van der Waals surface area contributed by atoms with Crippen molar-refractivity contribution in [3.8, 4) is 0 Å². The summed E-state index contributed by atoms with van der Waals surface area (Å²) in [5, 5.41) is 4.17. The smallest absolute Gasteiger partial charge is 0.358 e. The summed E-state index contributed by atoms with van der Waals surface area (Å²) in [7, 11) is 0. The number of hydrogen-bond donors (Lipinski definition) is 1. The van der Waals surface area contributed by atoms with Gasteiger partial charge in [0.2, 0.25) is 0 Å². The van der Waals surface area contributed by atoms with Gasteiger partial charge in [-0.3, -0.25) is 0 Å². The molecule has 1 N–H and O–H groups in total. The molecule has 4 nitrogen and oxygen atoms in total. The second-order valence-electron chi connectivity index (χ2n) is 5.68. The molecule has 0 aliphatic heterocycles. The molecular formula is C15H26N2O2S.